The lowest BCUT2D eigenvalue weighted by molar-refractivity contribution is 0.619. The van der Waals surface area contributed by atoms with Gasteiger partial charge in [0.2, 0.25) is 0 Å². The first-order chi connectivity index (χ1) is 6.27. The Labute approximate surface area is 82.7 Å². The summed E-state index contributed by atoms with van der Waals surface area (Å²) in [5.74, 6) is 0.206. The van der Waals surface area contributed by atoms with Crippen molar-refractivity contribution in [3.8, 4) is 0 Å². The molecular weight excluding hydrogens is 187 g/mol. The largest absolute Gasteiger partial charge is 0.205 e. The first-order valence-electron chi connectivity index (χ1n) is 4.54. The topological polar surface area (TPSA) is 0 Å². The van der Waals surface area contributed by atoms with E-state index in [9.17, 15) is 4.39 Å². The molecule has 1 atom stereocenters. The normalized spacial score (nSPS) is 18.0. The summed E-state index contributed by atoms with van der Waals surface area (Å²) in [7, 11) is 0. The minimum atomic E-state index is -0.300. The average Bonchev–Trinajstić information content (AvgIpc) is 2.62. The Morgan fingerprint density at radius 1 is 1.38 bits per heavy atom. The maximum atomic E-state index is 13.1. The van der Waals surface area contributed by atoms with Crippen LogP contribution in [0, 0.1) is 12.2 Å². The highest BCUT2D eigenvalue weighted by Gasteiger charge is 2.17. The molecule has 0 amide bonds. The first kappa shape index (κ1) is 9.01. The van der Waals surface area contributed by atoms with Gasteiger partial charge in [-0.15, -0.1) is 0 Å². The summed E-state index contributed by atoms with van der Waals surface area (Å²) >= 11 is 5.60. The summed E-state index contributed by atoms with van der Waals surface area (Å²) in [5, 5.41) is 0.214. The van der Waals surface area contributed by atoms with Gasteiger partial charge in [0, 0.05) is 0 Å². The maximum absolute atomic E-state index is 13.1. The minimum Gasteiger partial charge on any atom is -0.205 e. The van der Waals surface area contributed by atoms with Gasteiger partial charge in [0.25, 0.3) is 0 Å². The highest BCUT2D eigenvalue weighted by atomic mass is 35.5. The van der Waals surface area contributed by atoms with E-state index in [0.29, 0.717) is 5.92 Å². The molecule has 0 saturated heterocycles. The van der Waals surface area contributed by atoms with Crippen molar-refractivity contribution in [2.45, 2.75) is 25.2 Å². The zero-order valence-electron chi connectivity index (χ0n) is 7.26. The molecule has 0 spiro atoms. The van der Waals surface area contributed by atoms with Crippen LogP contribution in [0.3, 0.4) is 0 Å². The second-order valence-electron chi connectivity index (χ2n) is 3.47. The molecule has 1 radical (unpaired) electrons. The molecule has 1 aromatic rings. The van der Waals surface area contributed by atoms with E-state index in [1.807, 2.05) is 6.07 Å². The predicted molar refractivity (Wildman–Crippen MR) is 52.3 cm³/mol. The van der Waals surface area contributed by atoms with Crippen LogP contribution in [0.15, 0.2) is 18.2 Å². The fourth-order valence-electron chi connectivity index (χ4n) is 1.82. The maximum Gasteiger partial charge on any atom is 0.142 e. The van der Waals surface area contributed by atoms with E-state index in [-0.39, 0.29) is 10.8 Å². The van der Waals surface area contributed by atoms with Gasteiger partial charge in [-0.05, 0) is 49.3 Å². The molecule has 0 aromatic heterocycles. The Morgan fingerprint density at radius 2 is 2.23 bits per heavy atom. The van der Waals surface area contributed by atoms with Crippen LogP contribution in [0.1, 0.15) is 30.7 Å². The van der Waals surface area contributed by atoms with E-state index in [1.165, 1.54) is 0 Å². The second kappa shape index (κ2) is 3.67. The summed E-state index contributed by atoms with van der Waals surface area (Å²) < 4.78 is 13.1. The van der Waals surface area contributed by atoms with Crippen molar-refractivity contribution in [2.24, 2.45) is 0 Å². The number of hydrogen-bond acceptors (Lipinski definition) is 0. The molecule has 1 aromatic carbocycles. The molecule has 13 heavy (non-hydrogen) atoms. The molecule has 69 valence electrons. The molecule has 2 rings (SSSR count). The molecule has 2 heteroatoms. The van der Waals surface area contributed by atoms with Crippen molar-refractivity contribution in [3.63, 3.8) is 0 Å². The number of hydrogen-bond donors (Lipinski definition) is 0. The van der Waals surface area contributed by atoms with Crippen molar-refractivity contribution >= 4 is 11.6 Å². The molecule has 0 nitrogen and oxygen atoms in total. The quantitative estimate of drug-likeness (QED) is 0.640. The zero-order chi connectivity index (χ0) is 9.26. The lowest BCUT2D eigenvalue weighted by Crippen LogP contribution is -1.92. The van der Waals surface area contributed by atoms with Crippen LogP contribution in [0.25, 0.3) is 0 Å². The van der Waals surface area contributed by atoms with E-state index in [0.717, 1.165) is 24.8 Å². The average molecular weight is 198 g/mol. The van der Waals surface area contributed by atoms with Crippen LogP contribution in [0.2, 0.25) is 5.02 Å². The molecule has 1 aliphatic carbocycles. The summed E-state index contributed by atoms with van der Waals surface area (Å²) in [6, 6.07) is 5.13. The van der Waals surface area contributed by atoms with Crippen molar-refractivity contribution < 1.29 is 4.39 Å². The van der Waals surface area contributed by atoms with Crippen molar-refractivity contribution in [1.82, 2.24) is 0 Å². The van der Waals surface area contributed by atoms with Gasteiger partial charge in [-0.3, -0.25) is 0 Å². The molecule has 0 aliphatic heterocycles. The van der Waals surface area contributed by atoms with Crippen LogP contribution in [0.5, 0.6) is 0 Å². The lowest BCUT2D eigenvalue weighted by Gasteiger charge is -2.09. The van der Waals surface area contributed by atoms with E-state index < -0.39 is 0 Å². The molecular formula is C11H11ClF. The van der Waals surface area contributed by atoms with Gasteiger partial charge in [0.15, 0.2) is 0 Å². The predicted octanol–water partition coefficient (Wildman–Crippen LogP) is 3.95. The van der Waals surface area contributed by atoms with Crippen LogP contribution in [0.4, 0.5) is 4.39 Å². The molecule has 0 N–H and O–H groups in total. The van der Waals surface area contributed by atoms with Crippen LogP contribution in [-0.2, 0) is 0 Å². The summed E-state index contributed by atoms with van der Waals surface area (Å²) in [6.45, 7) is 0. The Hall–Kier alpha value is -0.560. The van der Waals surface area contributed by atoms with Crippen LogP contribution in [-0.4, -0.2) is 0 Å². The third kappa shape index (κ3) is 1.86. The molecule has 1 aliphatic rings. The van der Waals surface area contributed by atoms with E-state index in [1.54, 1.807) is 12.1 Å². The van der Waals surface area contributed by atoms with Gasteiger partial charge < -0.3 is 0 Å². The molecule has 0 bridgehead atoms. The highest BCUT2D eigenvalue weighted by Crippen LogP contribution is 2.34. The molecule has 0 heterocycles. The molecule has 1 fully saturated rings. The summed E-state index contributed by atoms with van der Waals surface area (Å²) in [6.07, 6.45) is 5.62. The van der Waals surface area contributed by atoms with Gasteiger partial charge in [0.1, 0.15) is 5.82 Å². The van der Waals surface area contributed by atoms with Crippen molar-refractivity contribution in [1.29, 1.82) is 0 Å². The summed E-state index contributed by atoms with van der Waals surface area (Å²) in [5.41, 5.74) is 1.08. The third-order valence-electron chi connectivity index (χ3n) is 2.59. The number of halogens is 2. The van der Waals surface area contributed by atoms with Crippen molar-refractivity contribution in [3.05, 3.63) is 41.0 Å². The van der Waals surface area contributed by atoms with Gasteiger partial charge in [-0.2, -0.15) is 0 Å². The minimum absolute atomic E-state index is 0.214. The smallest absolute Gasteiger partial charge is 0.142 e. The van der Waals surface area contributed by atoms with E-state index >= 15 is 0 Å². The van der Waals surface area contributed by atoms with Gasteiger partial charge in [-0.1, -0.05) is 17.7 Å². The fraction of sp³-hybridized carbons (Fsp3) is 0.364. The van der Waals surface area contributed by atoms with Gasteiger partial charge >= 0.3 is 0 Å². The lowest BCUT2D eigenvalue weighted by atomic mass is 9.98. The number of rotatable bonds is 1. The Morgan fingerprint density at radius 3 is 2.85 bits per heavy atom. The zero-order valence-corrected chi connectivity index (χ0v) is 8.02. The standard InChI is InChI=1S/C11H11ClF/c12-10-6-5-9(7-11(10)13)8-3-1-2-4-8/h1,5-8H,2-4H2. The van der Waals surface area contributed by atoms with Crippen LogP contribution >= 0.6 is 11.6 Å². The monoisotopic (exact) mass is 197 g/mol. The third-order valence-corrected chi connectivity index (χ3v) is 2.89. The Kier molecular flexibility index (Phi) is 2.54. The first-order valence-corrected chi connectivity index (χ1v) is 4.92. The fourth-order valence-corrected chi connectivity index (χ4v) is 1.94. The molecule has 1 unspecified atom stereocenters. The van der Waals surface area contributed by atoms with Gasteiger partial charge in [-0.25, -0.2) is 4.39 Å². The van der Waals surface area contributed by atoms with Crippen LogP contribution < -0.4 is 0 Å². The summed E-state index contributed by atoms with van der Waals surface area (Å²) in [4.78, 5) is 0. The van der Waals surface area contributed by atoms with E-state index in [2.05, 4.69) is 6.42 Å². The second-order valence-corrected chi connectivity index (χ2v) is 3.88. The van der Waals surface area contributed by atoms with E-state index in [4.69, 9.17) is 11.6 Å². The highest BCUT2D eigenvalue weighted by molar-refractivity contribution is 6.30. The SMILES string of the molecule is Fc1cc(C2C[CH]CC2)ccc1Cl. The van der Waals surface area contributed by atoms with Crippen molar-refractivity contribution in [2.75, 3.05) is 0 Å². The number of benzene rings is 1. The van der Waals surface area contributed by atoms with Gasteiger partial charge in [0.05, 0.1) is 5.02 Å². The Balaban J connectivity index is 2.25. The molecule has 1 saturated carbocycles. The Bertz CT molecular complexity index is 303.